The number of benzene rings is 10. The Kier molecular flexibility index (Phi) is 7.91. The zero-order chi connectivity index (χ0) is 41.4. The summed E-state index contributed by atoms with van der Waals surface area (Å²) in [5.41, 5.74) is 17.7. The summed E-state index contributed by atoms with van der Waals surface area (Å²) < 4.78 is 7.31. The van der Waals surface area contributed by atoms with Crippen molar-refractivity contribution in [2.45, 2.75) is 0 Å². The summed E-state index contributed by atoms with van der Waals surface area (Å²) in [4.78, 5) is 0. The van der Waals surface area contributed by atoms with Gasteiger partial charge in [-0.2, -0.15) is 0 Å². The maximum absolute atomic E-state index is 2.48. The van der Waals surface area contributed by atoms with Crippen molar-refractivity contribution in [3.63, 3.8) is 0 Å². The summed E-state index contributed by atoms with van der Waals surface area (Å²) in [5.74, 6) is 0. The molecule has 0 unspecified atom stereocenters. The van der Waals surface area contributed by atoms with Crippen LogP contribution in [-0.4, -0.2) is 13.7 Å². The number of para-hydroxylation sites is 6. The van der Waals surface area contributed by atoms with Gasteiger partial charge in [-0.15, -0.1) is 0 Å². The molecule has 0 fully saturated rings. The molecule has 10 aromatic carbocycles. The van der Waals surface area contributed by atoms with Crippen molar-refractivity contribution in [3.8, 4) is 50.4 Å². The molecule has 0 saturated heterocycles. The SMILES string of the molecule is c1ccc(-c2ccc3c(c2)c2cc(-c4ccc5c(c4)c4ccccc4n5-c4ccccc4)ccc2n3-c2ccccc2-c2ccccc2-n2c3ccccc3c3ccccc32)cc1. The van der Waals surface area contributed by atoms with E-state index in [-0.39, 0.29) is 0 Å². The van der Waals surface area contributed by atoms with E-state index in [2.05, 4.69) is 250 Å². The predicted molar refractivity (Wildman–Crippen MR) is 266 cm³/mol. The van der Waals surface area contributed by atoms with Gasteiger partial charge in [0.15, 0.2) is 0 Å². The lowest BCUT2D eigenvalue weighted by atomic mass is 9.99. The highest BCUT2D eigenvalue weighted by atomic mass is 15.0. The van der Waals surface area contributed by atoms with E-state index < -0.39 is 0 Å². The van der Waals surface area contributed by atoms with Gasteiger partial charge >= 0.3 is 0 Å². The van der Waals surface area contributed by atoms with Gasteiger partial charge in [0.05, 0.1) is 44.5 Å². The van der Waals surface area contributed by atoms with Crippen LogP contribution in [-0.2, 0) is 0 Å². The molecular weight excluding hydrogens is 763 g/mol. The minimum atomic E-state index is 1.14. The van der Waals surface area contributed by atoms with Crippen LogP contribution in [0.4, 0.5) is 0 Å². The Hall–Kier alpha value is -8.40. The molecule has 0 radical (unpaired) electrons. The Morgan fingerprint density at radius 3 is 1.05 bits per heavy atom. The van der Waals surface area contributed by atoms with E-state index in [1.807, 2.05) is 0 Å². The second-order valence-electron chi connectivity index (χ2n) is 16.5. The maximum Gasteiger partial charge on any atom is 0.0541 e. The van der Waals surface area contributed by atoms with Gasteiger partial charge in [0.2, 0.25) is 0 Å². The Morgan fingerprint density at radius 1 is 0.206 bits per heavy atom. The Balaban J connectivity index is 1.04. The Bertz CT molecular complexity index is 3850. The largest absolute Gasteiger partial charge is 0.309 e. The van der Waals surface area contributed by atoms with Crippen LogP contribution in [0.15, 0.2) is 237 Å². The van der Waals surface area contributed by atoms with Gasteiger partial charge in [0.1, 0.15) is 0 Å². The van der Waals surface area contributed by atoms with Gasteiger partial charge in [0.25, 0.3) is 0 Å². The number of rotatable bonds is 6. The van der Waals surface area contributed by atoms with Crippen LogP contribution in [0.1, 0.15) is 0 Å². The molecule has 13 aromatic rings. The van der Waals surface area contributed by atoms with E-state index in [0.29, 0.717) is 0 Å². The van der Waals surface area contributed by atoms with Gasteiger partial charge in [-0.1, -0.05) is 158 Å². The van der Waals surface area contributed by atoms with Crippen molar-refractivity contribution < 1.29 is 0 Å². The van der Waals surface area contributed by atoms with Crippen molar-refractivity contribution in [2.24, 2.45) is 0 Å². The number of fused-ring (bicyclic) bond motifs is 9. The molecule has 3 nitrogen and oxygen atoms in total. The molecule has 0 aliphatic heterocycles. The molecule has 63 heavy (non-hydrogen) atoms. The summed E-state index contributed by atoms with van der Waals surface area (Å²) in [6, 6.07) is 86.5. The Morgan fingerprint density at radius 2 is 0.540 bits per heavy atom. The highest BCUT2D eigenvalue weighted by molar-refractivity contribution is 6.14. The summed E-state index contributed by atoms with van der Waals surface area (Å²) >= 11 is 0. The summed E-state index contributed by atoms with van der Waals surface area (Å²) in [7, 11) is 0. The van der Waals surface area contributed by atoms with Crippen LogP contribution in [0.25, 0.3) is 116 Å². The number of hydrogen-bond acceptors (Lipinski definition) is 0. The minimum Gasteiger partial charge on any atom is -0.309 e. The van der Waals surface area contributed by atoms with Crippen LogP contribution >= 0.6 is 0 Å². The molecule has 3 heteroatoms. The summed E-state index contributed by atoms with van der Waals surface area (Å²) in [6.45, 7) is 0. The molecule has 0 aliphatic carbocycles. The topological polar surface area (TPSA) is 14.8 Å². The standard InChI is InChI=1S/C60H39N3/c1-3-17-40(18-4-1)41-31-35-59-51(37-41)52-39-43(42-32-34-58-50(38-42)49-25-11-12-26-53(49)61(58)44-19-5-2-6-20-44)33-36-60(52)63(59)57-30-16-10-24-48(57)47-23-9-15-29-56(47)62-54-27-13-7-21-45(54)46-22-8-14-28-55(46)62/h1-39H. The third kappa shape index (κ3) is 5.46. The predicted octanol–water partition coefficient (Wildman–Crippen LogP) is 16.0. The third-order valence-electron chi connectivity index (χ3n) is 13.1. The third-order valence-corrected chi connectivity index (χ3v) is 13.1. The van der Waals surface area contributed by atoms with Crippen molar-refractivity contribution in [1.82, 2.24) is 13.7 Å². The number of aromatic nitrogens is 3. The van der Waals surface area contributed by atoms with Gasteiger partial charge in [-0.25, -0.2) is 0 Å². The average Bonchev–Trinajstić information content (AvgIpc) is 3.99. The van der Waals surface area contributed by atoms with Gasteiger partial charge in [-0.3, -0.25) is 0 Å². The molecule has 3 heterocycles. The van der Waals surface area contributed by atoms with Crippen molar-refractivity contribution >= 4 is 65.4 Å². The van der Waals surface area contributed by atoms with Crippen LogP contribution in [0.2, 0.25) is 0 Å². The molecule has 13 rings (SSSR count). The van der Waals surface area contributed by atoms with Gasteiger partial charge < -0.3 is 13.7 Å². The highest BCUT2D eigenvalue weighted by Crippen LogP contribution is 2.43. The first-order chi connectivity index (χ1) is 31.3. The van der Waals surface area contributed by atoms with Crippen molar-refractivity contribution in [3.05, 3.63) is 237 Å². The van der Waals surface area contributed by atoms with E-state index in [1.54, 1.807) is 0 Å². The smallest absolute Gasteiger partial charge is 0.0541 e. The van der Waals surface area contributed by atoms with E-state index in [1.165, 1.54) is 98.8 Å². The van der Waals surface area contributed by atoms with Crippen LogP contribution in [0.5, 0.6) is 0 Å². The second kappa shape index (κ2) is 14.1. The Labute approximate surface area is 364 Å². The molecule has 0 N–H and O–H groups in total. The van der Waals surface area contributed by atoms with Gasteiger partial charge in [-0.05, 0) is 101 Å². The molecule has 0 saturated carbocycles. The van der Waals surface area contributed by atoms with E-state index in [4.69, 9.17) is 0 Å². The highest BCUT2D eigenvalue weighted by Gasteiger charge is 2.21. The van der Waals surface area contributed by atoms with Crippen LogP contribution < -0.4 is 0 Å². The fourth-order valence-electron chi connectivity index (χ4n) is 10.3. The first kappa shape index (κ1) is 35.4. The first-order valence-corrected chi connectivity index (χ1v) is 21.7. The maximum atomic E-state index is 2.48. The summed E-state index contributed by atoms with van der Waals surface area (Å²) in [6.07, 6.45) is 0. The normalized spacial score (nSPS) is 11.8. The van der Waals surface area contributed by atoms with Gasteiger partial charge in [0, 0.05) is 49.1 Å². The zero-order valence-electron chi connectivity index (χ0n) is 34.4. The molecular formula is C60H39N3. The number of hydrogen-bond donors (Lipinski definition) is 0. The molecule has 294 valence electrons. The van der Waals surface area contributed by atoms with E-state index in [9.17, 15) is 0 Å². The van der Waals surface area contributed by atoms with Crippen LogP contribution in [0, 0.1) is 0 Å². The quantitative estimate of drug-likeness (QED) is 0.159. The second-order valence-corrected chi connectivity index (χ2v) is 16.5. The van der Waals surface area contributed by atoms with Crippen molar-refractivity contribution in [1.29, 1.82) is 0 Å². The molecule has 3 aromatic heterocycles. The molecule has 0 aliphatic rings. The fraction of sp³-hybridized carbons (Fsp3) is 0. The minimum absolute atomic E-state index is 1.14. The van der Waals surface area contributed by atoms with E-state index >= 15 is 0 Å². The van der Waals surface area contributed by atoms with E-state index in [0.717, 1.165) is 17.1 Å². The molecule has 0 amide bonds. The fourth-order valence-corrected chi connectivity index (χ4v) is 10.3. The first-order valence-electron chi connectivity index (χ1n) is 21.7. The van der Waals surface area contributed by atoms with Crippen LogP contribution in [0.3, 0.4) is 0 Å². The lowest BCUT2D eigenvalue weighted by molar-refractivity contribution is 1.16. The summed E-state index contributed by atoms with van der Waals surface area (Å²) in [5, 5.41) is 7.45. The van der Waals surface area contributed by atoms with Crippen molar-refractivity contribution in [2.75, 3.05) is 0 Å². The average molecular weight is 802 g/mol. The molecule has 0 atom stereocenters. The molecule has 0 spiro atoms. The number of nitrogens with zero attached hydrogens (tertiary/aromatic N) is 3. The zero-order valence-corrected chi connectivity index (χ0v) is 34.4. The monoisotopic (exact) mass is 801 g/mol. The lowest BCUT2D eigenvalue weighted by Gasteiger charge is -2.18. The lowest BCUT2D eigenvalue weighted by Crippen LogP contribution is -2.01. The molecule has 0 bridgehead atoms.